The Morgan fingerprint density at radius 2 is 1.93 bits per heavy atom. The highest BCUT2D eigenvalue weighted by Gasteiger charge is 2.41. The monoisotopic (exact) mass is 430 g/mol. The molecule has 1 amide bonds. The number of rotatable bonds is 3. The Kier molecular flexibility index (Phi) is 5.60. The van der Waals surface area contributed by atoms with E-state index in [-0.39, 0.29) is 18.0 Å². The summed E-state index contributed by atoms with van der Waals surface area (Å²) in [6, 6.07) is 4.13. The number of alkyl halides is 3. The van der Waals surface area contributed by atoms with E-state index in [4.69, 9.17) is 16.3 Å². The third kappa shape index (κ3) is 4.69. The van der Waals surface area contributed by atoms with Gasteiger partial charge in [-0.05, 0) is 45.7 Å². The van der Waals surface area contributed by atoms with Crippen molar-refractivity contribution in [3.05, 3.63) is 35.0 Å². The van der Waals surface area contributed by atoms with Crippen molar-refractivity contribution >= 4 is 34.4 Å². The zero-order valence-corrected chi connectivity index (χ0v) is 17.1. The summed E-state index contributed by atoms with van der Waals surface area (Å²) in [5.41, 5.74) is -0.656. The van der Waals surface area contributed by atoms with E-state index in [1.54, 1.807) is 30.2 Å². The van der Waals surface area contributed by atoms with Gasteiger partial charge in [0.25, 0.3) is 5.78 Å². The third-order valence-electron chi connectivity index (χ3n) is 4.76. The van der Waals surface area contributed by atoms with Gasteiger partial charge in [0.1, 0.15) is 5.60 Å². The molecule has 1 aliphatic heterocycles. The number of aromatic nitrogens is 1. The van der Waals surface area contributed by atoms with Gasteiger partial charge in [0, 0.05) is 29.7 Å². The SMILES string of the molecule is CC(C)(C)OC(=O)N1CCC[C@H]1Cn1cc(C(=O)C(F)(F)F)c2ccc(Cl)cc21. The number of hydrogen-bond acceptors (Lipinski definition) is 3. The lowest BCUT2D eigenvalue weighted by molar-refractivity contribution is -0.0884. The van der Waals surface area contributed by atoms with Crippen LogP contribution in [0.5, 0.6) is 0 Å². The number of Topliss-reactive ketones (excluding diaryl/α,β-unsaturated/α-hetero) is 1. The lowest BCUT2D eigenvalue weighted by atomic mass is 10.1. The smallest absolute Gasteiger partial charge is 0.444 e. The maximum absolute atomic E-state index is 13.0. The van der Waals surface area contributed by atoms with Crippen LogP contribution in [0.3, 0.4) is 0 Å². The molecule has 1 fully saturated rings. The number of ether oxygens (including phenoxy) is 1. The molecule has 5 nitrogen and oxygen atoms in total. The Hall–Kier alpha value is -2.22. The maximum Gasteiger partial charge on any atom is 0.454 e. The van der Waals surface area contributed by atoms with Crippen molar-refractivity contribution in [1.82, 2.24) is 9.47 Å². The van der Waals surface area contributed by atoms with Crippen molar-refractivity contribution in [2.45, 2.75) is 58.0 Å². The molecule has 0 aliphatic carbocycles. The van der Waals surface area contributed by atoms with Crippen molar-refractivity contribution in [2.75, 3.05) is 6.54 Å². The van der Waals surface area contributed by atoms with Gasteiger partial charge in [-0.15, -0.1) is 0 Å². The molecule has 0 radical (unpaired) electrons. The van der Waals surface area contributed by atoms with Crippen molar-refractivity contribution in [2.24, 2.45) is 0 Å². The molecule has 0 bridgehead atoms. The molecule has 9 heteroatoms. The number of hydrogen-bond donors (Lipinski definition) is 0. The number of carbonyl (C=O) groups excluding carboxylic acids is 2. The minimum absolute atomic E-state index is 0.179. The van der Waals surface area contributed by atoms with Crippen LogP contribution < -0.4 is 0 Å². The average molecular weight is 431 g/mol. The highest BCUT2D eigenvalue weighted by atomic mass is 35.5. The van der Waals surface area contributed by atoms with Gasteiger partial charge in [0.15, 0.2) is 0 Å². The van der Waals surface area contributed by atoms with Gasteiger partial charge in [-0.2, -0.15) is 13.2 Å². The normalized spacial score (nSPS) is 17.8. The summed E-state index contributed by atoms with van der Waals surface area (Å²) in [6.07, 6.45) is -2.79. The average Bonchev–Trinajstić information content (AvgIpc) is 3.17. The second-order valence-electron chi connectivity index (χ2n) is 8.15. The molecule has 0 saturated carbocycles. The zero-order valence-electron chi connectivity index (χ0n) is 16.3. The van der Waals surface area contributed by atoms with Crippen LogP contribution in [0.25, 0.3) is 10.9 Å². The molecule has 158 valence electrons. The number of halogens is 4. The standard InChI is InChI=1S/C20H22ClF3N2O3/c1-19(2,3)29-18(28)26-8-4-5-13(26)10-25-11-15(17(27)20(22,23)24)14-7-6-12(21)9-16(14)25/h6-7,9,11,13H,4-5,8,10H2,1-3H3/t13-/m0/s1. The quantitative estimate of drug-likeness (QED) is 0.609. The molecule has 3 rings (SSSR count). The fraction of sp³-hybridized carbons (Fsp3) is 0.500. The number of nitrogens with zero attached hydrogens (tertiary/aromatic N) is 2. The van der Waals surface area contributed by atoms with E-state index in [1.165, 1.54) is 24.4 Å². The molecule has 1 aromatic heterocycles. The predicted octanol–water partition coefficient (Wildman–Crippen LogP) is 5.44. The second kappa shape index (κ2) is 7.55. The molecule has 0 unspecified atom stereocenters. The third-order valence-corrected chi connectivity index (χ3v) is 4.99. The van der Waals surface area contributed by atoms with Crippen LogP contribution in [0, 0.1) is 0 Å². The number of likely N-dealkylation sites (tertiary alicyclic amines) is 1. The molecule has 1 saturated heterocycles. The molecular weight excluding hydrogens is 409 g/mol. The Bertz CT molecular complexity index is 947. The van der Waals surface area contributed by atoms with Crippen LogP contribution in [0.1, 0.15) is 44.0 Å². The van der Waals surface area contributed by atoms with E-state index in [2.05, 4.69) is 0 Å². The van der Waals surface area contributed by atoms with Gasteiger partial charge >= 0.3 is 12.3 Å². The first-order chi connectivity index (χ1) is 13.4. The van der Waals surface area contributed by atoms with Crippen LogP contribution in [-0.4, -0.2) is 45.7 Å². The maximum atomic E-state index is 13.0. The number of carbonyl (C=O) groups is 2. The summed E-state index contributed by atoms with van der Waals surface area (Å²) in [4.78, 5) is 26.0. The van der Waals surface area contributed by atoms with Gasteiger partial charge in [0.05, 0.1) is 17.1 Å². The Balaban J connectivity index is 1.94. The minimum atomic E-state index is -4.98. The van der Waals surface area contributed by atoms with Crippen LogP contribution in [0.15, 0.2) is 24.4 Å². The van der Waals surface area contributed by atoms with Crippen LogP contribution in [0.2, 0.25) is 5.02 Å². The number of amides is 1. The van der Waals surface area contributed by atoms with Gasteiger partial charge in [-0.3, -0.25) is 4.79 Å². The summed E-state index contributed by atoms with van der Waals surface area (Å²) in [5, 5.41) is 0.525. The molecule has 1 atom stereocenters. The first-order valence-electron chi connectivity index (χ1n) is 9.26. The summed E-state index contributed by atoms with van der Waals surface area (Å²) in [5.74, 6) is -1.90. The van der Waals surface area contributed by atoms with Gasteiger partial charge in [-0.1, -0.05) is 17.7 Å². The van der Waals surface area contributed by atoms with E-state index < -0.39 is 29.2 Å². The van der Waals surface area contributed by atoms with E-state index in [9.17, 15) is 22.8 Å². The largest absolute Gasteiger partial charge is 0.454 e. The fourth-order valence-electron chi connectivity index (χ4n) is 3.56. The predicted molar refractivity (Wildman–Crippen MR) is 103 cm³/mol. The van der Waals surface area contributed by atoms with E-state index in [0.29, 0.717) is 23.5 Å². The molecule has 1 aromatic carbocycles. The first kappa shape index (κ1) is 21.5. The summed E-state index contributed by atoms with van der Waals surface area (Å²) in [6.45, 7) is 6.06. The van der Waals surface area contributed by atoms with E-state index in [1.807, 2.05) is 0 Å². The lowest BCUT2D eigenvalue weighted by Crippen LogP contribution is -2.41. The Labute approximate surface area is 171 Å². The summed E-state index contributed by atoms with van der Waals surface area (Å²) in [7, 11) is 0. The van der Waals surface area contributed by atoms with Crippen LogP contribution in [-0.2, 0) is 11.3 Å². The molecule has 0 N–H and O–H groups in total. The number of benzene rings is 1. The minimum Gasteiger partial charge on any atom is -0.444 e. The van der Waals surface area contributed by atoms with Gasteiger partial charge in [-0.25, -0.2) is 4.79 Å². The second-order valence-corrected chi connectivity index (χ2v) is 8.59. The van der Waals surface area contributed by atoms with Crippen LogP contribution >= 0.6 is 11.6 Å². The highest BCUT2D eigenvalue weighted by Crippen LogP contribution is 2.31. The van der Waals surface area contributed by atoms with Gasteiger partial charge < -0.3 is 14.2 Å². The Morgan fingerprint density at radius 1 is 1.24 bits per heavy atom. The van der Waals surface area contributed by atoms with E-state index >= 15 is 0 Å². The Morgan fingerprint density at radius 3 is 2.55 bits per heavy atom. The highest BCUT2D eigenvalue weighted by molar-refractivity contribution is 6.31. The zero-order chi connectivity index (χ0) is 21.6. The molecule has 0 spiro atoms. The van der Waals surface area contributed by atoms with Gasteiger partial charge in [0.2, 0.25) is 0 Å². The lowest BCUT2D eigenvalue weighted by Gasteiger charge is -2.29. The molecule has 1 aliphatic rings. The molecular formula is C20H22ClF3N2O3. The number of ketones is 1. The first-order valence-corrected chi connectivity index (χ1v) is 9.64. The van der Waals surface area contributed by atoms with E-state index in [0.717, 1.165) is 6.42 Å². The fourth-order valence-corrected chi connectivity index (χ4v) is 3.73. The van der Waals surface area contributed by atoms with Crippen molar-refractivity contribution in [3.8, 4) is 0 Å². The number of fused-ring (bicyclic) bond motifs is 1. The van der Waals surface area contributed by atoms with Crippen molar-refractivity contribution in [1.29, 1.82) is 0 Å². The molecule has 2 heterocycles. The summed E-state index contributed by atoms with van der Waals surface area (Å²) >= 11 is 6.03. The molecule has 29 heavy (non-hydrogen) atoms. The van der Waals surface area contributed by atoms with Crippen molar-refractivity contribution in [3.63, 3.8) is 0 Å². The van der Waals surface area contributed by atoms with Crippen molar-refractivity contribution < 1.29 is 27.5 Å². The topological polar surface area (TPSA) is 51.5 Å². The molecule has 2 aromatic rings. The summed E-state index contributed by atoms with van der Waals surface area (Å²) < 4.78 is 46.1. The van der Waals surface area contributed by atoms with Crippen LogP contribution in [0.4, 0.5) is 18.0 Å².